The van der Waals surface area contributed by atoms with Crippen molar-refractivity contribution < 1.29 is 0 Å². The third-order valence-corrected chi connectivity index (χ3v) is 5.47. The number of rotatable bonds is 0. The van der Waals surface area contributed by atoms with Gasteiger partial charge in [-0.2, -0.15) is 0 Å². The fourth-order valence-electron chi connectivity index (χ4n) is 4.07. The summed E-state index contributed by atoms with van der Waals surface area (Å²) in [5.74, 6) is 0. The molecule has 1 aliphatic carbocycles. The van der Waals surface area contributed by atoms with Gasteiger partial charge in [0, 0.05) is 21.8 Å². The van der Waals surface area contributed by atoms with E-state index in [0.717, 1.165) is 0 Å². The van der Waals surface area contributed by atoms with E-state index < -0.39 is 0 Å². The maximum atomic E-state index is 3.66. The summed E-state index contributed by atoms with van der Waals surface area (Å²) in [4.78, 5) is 3.66. The smallest absolute Gasteiger partial charge is 0.0500 e. The zero-order valence-corrected chi connectivity index (χ0v) is 13.4. The second-order valence-corrected chi connectivity index (χ2v) is 7.47. The Labute approximate surface area is 126 Å². The molecule has 0 aliphatic heterocycles. The maximum Gasteiger partial charge on any atom is 0.0500 e. The molecule has 0 atom stereocenters. The van der Waals surface area contributed by atoms with Crippen LogP contribution >= 0.6 is 0 Å². The predicted octanol–water partition coefficient (Wildman–Crippen LogP) is 5.45. The van der Waals surface area contributed by atoms with Crippen LogP contribution in [0.15, 0.2) is 24.3 Å². The van der Waals surface area contributed by atoms with Gasteiger partial charge >= 0.3 is 0 Å². The molecule has 0 unspecified atom stereocenters. The van der Waals surface area contributed by atoms with E-state index in [0.29, 0.717) is 5.41 Å². The van der Waals surface area contributed by atoms with Crippen molar-refractivity contribution in [2.45, 2.75) is 47.0 Å². The Morgan fingerprint density at radius 1 is 1.00 bits per heavy atom. The lowest BCUT2D eigenvalue weighted by molar-refractivity contribution is 0.315. The van der Waals surface area contributed by atoms with Gasteiger partial charge in [-0.15, -0.1) is 0 Å². The maximum absolute atomic E-state index is 3.66. The van der Waals surface area contributed by atoms with Crippen LogP contribution in [0.3, 0.4) is 0 Å². The van der Waals surface area contributed by atoms with Gasteiger partial charge in [-0.1, -0.05) is 32.0 Å². The molecule has 1 heteroatoms. The van der Waals surface area contributed by atoms with E-state index in [1.807, 2.05) is 0 Å². The topological polar surface area (TPSA) is 15.8 Å². The summed E-state index contributed by atoms with van der Waals surface area (Å²) >= 11 is 0. The first-order valence-corrected chi connectivity index (χ1v) is 7.99. The van der Waals surface area contributed by atoms with Crippen LogP contribution in [0.4, 0.5) is 0 Å². The highest BCUT2D eigenvalue weighted by molar-refractivity contribution is 6.10. The molecule has 0 bridgehead atoms. The number of benzene rings is 2. The van der Waals surface area contributed by atoms with Gasteiger partial charge in [-0.3, -0.25) is 0 Å². The summed E-state index contributed by atoms with van der Waals surface area (Å²) < 4.78 is 0. The van der Waals surface area contributed by atoms with Gasteiger partial charge < -0.3 is 4.98 Å². The number of nitrogens with one attached hydrogen (secondary N) is 1. The fraction of sp³-hybridized carbons (Fsp3) is 0.400. The van der Waals surface area contributed by atoms with Gasteiger partial charge in [0.2, 0.25) is 0 Å². The number of hydrogen-bond donors (Lipinski definition) is 1. The zero-order valence-electron chi connectivity index (χ0n) is 13.4. The van der Waals surface area contributed by atoms with Crippen LogP contribution in [-0.4, -0.2) is 4.98 Å². The van der Waals surface area contributed by atoms with Crippen molar-refractivity contribution in [3.63, 3.8) is 0 Å². The van der Waals surface area contributed by atoms with Crippen LogP contribution in [0.1, 0.15) is 42.5 Å². The van der Waals surface area contributed by atoms with E-state index in [9.17, 15) is 0 Å². The zero-order chi connectivity index (χ0) is 14.8. The summed E-state index contributed by atoms with van der Waals surface area (Å²) in [5, 5.41) is 2.88. The molecule has 21 heavy (non-hydrogen) atoms. The standard InChI is InChI=1S/C20H23N/c1-12-13(2)19-18(15-7-5-6-8-17(15)21-19)14-9-10-20(3,4)11-16(12)14/h5-8,21H,9-11H2,1-4H3. The monoisotopic (exact) mass is 277 g/mol. The van der Waals surface area contributed by atoms with Crippen molar-refractivity contribution in [2.75, 3.05) is 0 Å². The van der Waals surface area contributed by atoms with Gasteiger partial charge in [0.15, 0.2) is 0 Å². The summed E-state index contributed by atoms with van der Waals surface area (Å²) in [6.45, 7) is 9.39. The molecule has 0 radical (unpaired) electrons. The predicted molar refractivity (Wildman–Crippen MR) is 91.1 cm³/mol. The number of para-hydroxylation sites is 1. The van der Waals surface area contributed by atoms with Crippen molar-refractivity contribution >= 4 is 21.8 Å². The molecule has 1 aliphatic rings. The number of fused-ring (bicyclic) bond motifs is 5. The normalized spacial score (nSPS) is 17.3. The Morgan fingerprint density at radius 2 is 1.76 bits per heavy atom. The molecule has 0 fully saturated rings. The summed E-state index contributed by atoms with van der Waals surface area (Å²) in [6.07, 6.45) is 3.71. The van der Waals surface area contributed by atoms with Gasteiger partial charge in [0.25, 0.3) is 0 Å². The molecule has 1 heterocycles. The lowest BCUT2D eigenvalue weighted by Gasteiger charge is -2.33. The molecule has 1 aromatic heterocycles. The van der Waals surface area contributed by atoms with E-state index in [4.69, 9.17) is 0 Å². The number of aromatic nitrogens is 1. The molecule has 1 nitrogen and oxygen atoms in total. The second kappa shape index (κ2) is 4.13. The van der Waals surface area contributed by atoms with Gasteiger partial charge in [-0.05, 0) is 66.8 Å². The van der Waals surface area contributed by atoms with Gasteiger partial charge in [0.1, 0.15) is 0 Å². The van der Waals surface area contributed by atoms with Crippen molar-refractivity contribution in [3.8, 4) is 0 Å². The average Bonchev–Trinajstić information content (AvgIpc) is 2.84. The summed E-state index contributed by atoms with van der Waals surface area (Å²) in [7, 11) is 0. The highest BCUT2D eigenvalue weighted by atomic mass is 14.7. The largest absolute Gasteiger partial charge is 0.354 e. The van der Waals surface area contributed by atoms with Gasteiger partial charge in [0.05, 0.1) is 0 Å². The van der Waals surface area contributed by atoms with Crippen molar-refractivity contribution in [2.24, 2.45) is 5.41 Å². The first-order valence-electron chi connectivity index (χ1n) is 7.99. The van der Waals surface area contributed by atoms with Crippen LogP contribution < -0.4 is 0 Å². The molecule has 1 N–H and O–H groups in total. The summed E-state index contributed by atoms with van der Waals surface area (Å²) in [5.41, 5.74) is 9.20. The number of hydrogen-bond acceptors (Lipinski definition) is 0. The van der Waals surface area contributed by atoms with Crippen molar-refractivity contribution in [3.05, 3.63) is 46.5 Å². The Bertz CT molecular complexity index is 865. The third-order valence-electron chi connectivity index (χ3n) is 5.47. The molecular weight excluding hydrogens is 254 g/mol. The Hall–Kier alpha value is -1.76. The lowest BCUT2D eigenvalue weighted by atomic mass is 9.71. The quantitative estimate of drug-likeness (QED) is 0.562. The Balaban J connectivity index is 2.17. The molecule has 0 amide bonds. The van der Waals surface area contributed by atoms with Crippen LogP contribution in [-0.2, 0) is 12.8 Å². The number of aryl methyl sites for hydroxylation is 2. The fourth-order valence-corrected chi connectivity index (χ4v) is 4.07. The van der Waals surface area contributed by atoms with E-state index >= 15 is 0 Å². The minimum Gasteiger partial charge on any atom is -0.354 e. The molecule has 0 spiro atoms. The Kier molecular flexibility index (Phi) is 2.54. The van der Waals surface area contributed by atoms with E-state index in [1.165, 1.54) is 52.2 Å². The first-order chi connectivity index (χ1) is 9.98. The molecular formula is C20H23N. The Morgan fingerprint density at radius 3 is 2.57 bits per heavy atom. The number of aromatic amines is 1. The minimum absolute atomic E-state index is 0.435. The minimum atomic E-state index is 0.435. The molecule has 0 saturated heterocycles. The highest BCUT2D eigenvalue weighted by Crippen LogP contribution is 2.43. The van der Waals surface area contributed by atoms with Crippen molar-refractivity contribution in [1.82, 2.24) is 4.98 Å². The molecule has 108 valence electrons. The number of H-pyrrole nitrogens is 1. The summed E-state index contributed by atoms with van der Waals surface area (Å²) in [6, 6.07) is 8.74. The molecule has 3 aromatic rings. The third kappa shape index (κ3) is 1.76. The van der Waals surface area contributed by atoms with Crippen LogP contribution in [0.5, 0.6) is 0 Å². The van der Waals surface area contributed by atoms with E-state index in [-0.39, 0.29) is 0 Å². The van der Waals surface area contributed by atoms with E-state index in [2.05, 4.69) is 56.9 Å². The van der Waals surface area contributed by atoms with Crippen LogP contribution in [0.2, 0.25) is 0 Å². The molecule has 0 saturated carbocycles. The van der Waals surface area contributed by atoms with Crippen molar-refractivity contribution in [1.29, 1.82) is 0 Å². The SMILES string of the molecule is Cc1c2c(c3c([nH]c4ccccc43)c1C)CCC(C)(C)C2. The van der Waals surface area contributed by atoms with Crippen LogP contribution in [0, 0.1) is 19.3 Å². The van der Waals surface area contributed by atoms with Gasteiger partial charge in [-0.25, -0.2) is 0 Å². The van der Waals surface area contributed by atoms with Crippen LogP contribution in [0.25, 0.3) is 21.8 Å². The molecule has 4 rings (SSSR count). The van der Waals surface area contributed by atoms with E-state index in [1.54, 1.807) is 11.1 Å². The molecule has 2 aromatic carbocycles. The average molecular weight is 277 g/mol. The second-order valence-electron chi connectivity index (χ2n) is 7.47. The lowest BCUT2D eigenvalue weighted by Crippen LogP contribution is -2.23. The highest BCUT2D eigenvalue weighted by Gasteiger charge is 2.29. The first kappa shape index (κ1) is 12.9.